The van der Waals surface area contributed by atoms with Gasteiger partial charge in [-0.1, -0.05) is 0 Å². The number of carboxylic acid groups (broad SMARTS) is 1. The minimum Gasteiger partial charge on any atom is -0.479 e. The van der Waals surface area contributed by atoms with Crippen molar-refractivity contribution in [3.63, 3.8) is 0 Å². The number of carboxylic acids is 1. The largest absolute Gasteiger partial charge is 0.479 e. The van der Waals surface area contributed by atoms with E-state index in [0.29, 0.717) is 0 Å². The van der Waals surface area contributed by atoms with Crippen molar-refractivity contribution in [2.24, 2.45) is 0 Å². The lowest BCUT2D eigenvalue weighted by atomic mass is 9.98. The van der Waals surface area contributed by atoms with Crippen molar-refractivity contribution in [1.29, 1.82) is 0 Å². The molecule has 2 aromatic rings. The van der Waals surface area contributed by atoms with Crippen LogP contribution in [0, 0.1) is 0 Å². The SMILES string of the molecule is CCn1c(=O)[nH]c2cc(C(=O)NC3(C(=O)O)CCOC3)ccc2c1=O. The molecule has 132 valence electrons. The van der Waals surface area contributed by atoms with Gasteiger partial charge >= 0.3 is 11.7 Å². The fourth-order valence-corrected chi connectivity index (χ4v) is 2.86. The molecule has 2 heterocycles. The van der Waals surface area contributed by atoms with Gasteiger partial charge in [-0.2, -0.15) is 0 Å². The topological polar surface area (TPSA) is 130 Å². The van der Waals surface area contributed by atoms with Gasteiger partial charge in [0.15, 0.2) is 5.54 Å². The van der Waals surface area contributed by atoms with Crippen LogP contribution in [0.25, 0.3) is 10.9 Å². The molecule has 9 heteroatoms. The molecule has 1 atom stereocenters. The molecule has 1 unspecified atom stereocenters. The molecule has 1 aromatic carbocycles. The van der Waals surface area contributed by atoms with Gasteiger partial charge in [0.05, 0.1) is 17.5 Å². The Kier molecular flexibility index (Phi) is 4.17. The van der Waals surface area contributed by atoms with Crippen molar-refractivity contribution in [1.82, 2.24) is 14.9 Å². The zero-order valence-electron chi connectivity index (χ0n) is 13.5. The molecule has 0 aliphatic carbocycles. The Labute approximate surface area is 141 Å². The van der Waals surface area contributed by atoms with E-state index in [4.69, 9.17) is 4.74 Å². The van der Waals surface area contributed by atoms with Crippen molar-refractivity contribution in [2.45, 2.75) is 25.4 Å². The summed E-state index contributed by atoms with van der Waals surface area (Å²) in [6.07, 6.45) is 0.166. The van der Waals surface area contributed by atoms with Gasteiger partial charge in [-0.3, -0.25) is 14.2 Å². The molecule has 25 heavy (non-hydrogen) atoms. The molecular weight excluding hydrogens is 330 g/mol. The highest BCUT2D eigenvalue weighted by Gasteiger charge is 2.44. The lowest BCUT2D eigenvalue weighted by Crippen LogP contribution is -2.55. The molecule has 1 saturated heterocycles. The van der Waals surface area contributed by atoms with Crippen LogP contribution >= 0.6 is 0 Å². The maximum absolute atomic E-state index is 12.4. The molecule has 3 rings (SSSR count). The number of H-pyrrole nitrogens is 1. The Morgan fingerprint density at radius 3 is 2.76 bits per heavy atom. The van der Waals surface area contributed by atoms with Gasteiger partial charge in [0.2, 0.25) is 0 Å². The molecule has 0 spiro atoms. The van der Waals surface area contributed by atoms with Crippen molar-refractivity contribution in [3.8, 4) is 0 Å². The fourth-order valence-electron chi connectivity index (χ4n) is 2.86. The fraction of sp³-hybridized carbons (Fsp3) is 0.375. The first-order valence-electron chi connectivity index (χ1n) is 7.78. The maximum Gasteiger partial charge on any atom is 0.331 e. The predicted molar refractivity (Wildman–Crippen MR) is 87.8 cm³/mol. The van der Waals surface area contributed by atoms with Gasteiger partial charge in [-0.15, -0.1) is 0 Å². The van der Waals surface area contributed by atoms with Gasteiger partial charge in [-0.05, 0) is 25.1 Å². The second-order valence-corrected chi connectivity index (χ2v) is 5.88. The van der Waals surface area contributed by atoms with E-state index in [1.807, 2.05) is 0 Å². The summed E-state index contributed by atoms with van der Waals surface area (Å²) in [6, 6.07) is 4.22. The normalized spacial score (nSPS) is 19.9. The second-order valence-electron chi connectivity index (χ2n) is 5.88. The third-order valence-electron chi connectivity index (χ3n) is 4.34. The van der Waals surface area contributed by atoms with Crippen molar-refractivity contribution >= 4 is 22.8 Å². The molecule has 1 amide bonds. The Bertz CT molecular complexity index is 968. The summed E-state index contributed by atoms with van der Waals surface area (Å²) in [5.41, 5.74) is -2.11. The number of fused-ring (bicyclic) bond motifs is 1. The van der Waals surface area contributed by atoms with Gasteiger partial charge in [0, 0.05) is 25.1 Å². The van der Waals surface area contributed by atoms with E-state index in [1.165, 1.54) is 18.2 Å². The molecule has 0 bridgehead atoms. The van der Waals surface area contributed by atoms with E-state index >= 15 is 0 Å². The number of hydrogen-bond donors (Lipinski definition) is 3. The van der Waals surface area contributed by atoms with Crippen molar-refractivity contribution in [3.05, 3.63) is 44.6 Å². The highest BCUT2D eigenvalue weighted by Crippen LogP contribution is 2.20. The van der Waals surface area contributed by atoms with Crippen LogP contribution < -0.4 is 16.6 Å². The third kappa shape index (κ3) is 2.82. The average Bonchev–Trinajstić information content (AvgIpc) is 3.04. The van der Waals surface area contributed by atoms with Gasteiger partial charge in [0.25, 0.3) is 11.5 Å². The van der Waals surface area contributed by atoms with E-state index in [1.54, 1.807) is 6.92 Å². The number of amides is 1. The van der Waals surface area contributed by atoms with E-state index in [2.05, 4.69) is 10.3 Å². The van der Waals surface area contributed by atoms with Gasteiger partial charge in [-0.25, -0.2) is 9.59 Å². The summed E-state index contributed by atoms with van der Waals surface area (Å²) >= 11 is 0. The monoisotopic (exact) mass is 347 g/mol. The van der Waals surface area contributed by atoms with Crippen LogP contribution in [0.5, 0.6) is 0 Å². The lowest BCUT2D eigenvalue weighted by molar-refractivity contribution is -0.144. The average molecular weight is 347 g/mol. The van der Waals surface area contributed by atoms with Crippen LogP contribution in [0.3, 0.4) is 0 Å². The van der Waals surface area contributed by atoms with E-state index < -0.39 is 28.7 Å². The Hall–Kier alpha value is -2.94. The molecule has 3 N–H and O–H groups in total. The molecule has 1 aliphatic heterocycles. The molecule has 1 fully saturated rings. The smallest absolute Gasteiger partial charge is 0.331 e. The van der Waals surface area contributed by atoms with Gasteiger partial charge in [0.1, 0.15) is 0 Å². The zero-order chi connectivity index (χ0) is 18.2. The van der Waals surface area contributed by atoms with Crippen LogP contribution in [0.2, 0.25) is 0 Å². The Morgan fingerprint density at radius 1 is 1.40 bits per heavy atom. The van der Waals surface area contributed by atoms with E-state index in [-0.39, 0.29) is 42.6 Å². The number of aromatic amines is 1. The van der Waals surface area contributed by atoms with Crippen molar-refractivity contribution in [2.75, 3.05) is 13.2 Å². The molecular formula is C16H17N3O6. The first-order valence-corrected chi connectivity index (χ1v) is 7.78. The second kappa shape index (κ2) is 6.17. The highest BCUT2D eigenvalue weighted by atomic mass is 16.5. The number of aliphatic carboxylic acids is 1. The Balaban J connectivity index is 1.99. The highest BCUT2D eigenvalue weighted by molar-refractivity contribution is 6.00. The van der Waals surface area contributed by atoms with E-state index in [9.17, 15) is 24.3 Å². The zero-order valence-corrected chi connectivity index (χ0v) is 13.5. The van der Waals surface area contributed by atoms with Crippen LogP contribution in [-0.4, -0.2) is 45.3 Å². The number of nitrogens with one attached hydrogen (secondary N) is 2. The number of carbonyl (C=O) groups excluding carboxylic acids is 1. The summed E-state index contributed by atoms with van der Waals surface area (Å²) in [6.45, 7) is 2.04. The number of benzene rings is 1. The quantitative estimate of drug-likeness (QED) is 0.695. The minimum absolute atomic E-state index is 0.111. The molecule has 0 radical (unpaired) electrons. The molecule has 9 nitrogen and oxygen atoms in total. The molecule has 1 aliphatic rings. The number of nitrogens with zero attached hydrogens (tertiary/aromatic N) is 1. The van der Waals surface area contributed by atoms with Crippen LogP contribution in [0.1, 0.15) is 23.7 Å². The van der Waals surface area contributed by atoms with Crippen LogP contribution in [0.15, 0.2) is 27.8 Å². The van der Waals surface area contributed by atoms with Gasteiger partial charge < -0.3 is 20.1 Å². The number of hydrogen-bond acceptors (Lipinski definition) is 5. The number of rotatable bonds is 4. The first kappa shape index (κ1) is 16.9. The maximum atomic E-state index is 12.4. The molecule has 1 aromatic heterocycles. The van der Waals surface area contributed by atoms with E-state index in [0.717, 1.165) is 4.57 Å². The summed E-state index contributed by atoms with van der Waals surface area (Å²) in [7, 11) is 0. The summed E-state index contributed by atoms with van der Waals surface area (Å²) in [5.74, 6) is -1.78. The summed E-state index contributed by atoms with van der Waals surface area (Å²) in [4.78, 5) is 50.6. The lowest BCUT2D eigenvalue weighted by Gasteiger charge is -2.23. The standard InChI is InChI=1S/C16H17N3O6/c1-2-19-13(21)10-4-3-9(7-11(10)17-15(19)24)12(20)18-16(14(22)23)5-6-25-8-16/h3-4,7H,2,5-6,8H2,1H3,(H,17,24)(H,18,20)(H,22,23). The Morgan fingerprint density at radius 2 is 2.16 bits per heavy atom. The van der Waals surface area contributed by atoms with Crippen molar-refractivity contribution < 1.29 is 19.4 Å². The van der Waals surface area contributed by atoms with Crippen LogP contribution in [-0.2, 0) is 16.1 Å². The first-order chi connectivity index (χ1) is 11.9. The summed E-state index contributed by atoms with van der Waals surface area (Å²) < 4.78 is 6.15. The molecule has 0 saturated carbocycles. The number of carbonyl (C=O) groups is 2. The number of aromatic nitrogens is 2. The van der Waals surface area contributed by atoms with Crippen LogP contribution in [0.4, 0.5) is 0 Å². The summed E-state index contributed by atoms with van der Waals surface area (Å²) in [5, 5.41) is 12.1. The minimum atomic E-state index is -1.47. The predicted octanol–water partition coefficient (Wildman–Crippen LogP) is -0.317. The number of ether oxygens (including phenoxy) is 1. The third-order valence-corrected chi connectivity index (χ3v) is 4.34.